The lowest BCUT2D eigenvalue weighted by Gasteiger charge is -2.23. The molecule has 32 heavy (non-hydrogen) atoms. The number of para-hydroxylation sites is 1. The molecule has 0 unspecified atom stereocenters. The van der Waals surface area contributed by atoms with Crippen molar-refractivity contribution < 1.29 is 14.1 Å². The minimum Gasteiger partial charge on any atom is -0.302 e. The molecule has 1 amide bonds. The number of carbonyl (C=O) groups is 1. The second-order valence-electron chi connectivity index (χ2n) is 6.78. The Kier molecular flexibility index (Phi) is 9.25. The molecule has 0 saturated heterocycles. The number of non-ortho nitro benzene ring substituents is 1. The van der Waals surface area contributed by atoms with Crippen LogP contribution in [0.4, 0.5) is 15.2 Å². The lowest BCUT2D eigenvalue weighted by molar-refractivity contribution is -0.384. The number of nitro benzene ring substituents is 1. The van der Waals surface area contributed by atoms with Gasteiger partial charge in [-0.05, 0) is 49.0 Å². The molecule has 0 saturated carbocycles. The third-order valence-electron chi connectivity index (χ3n) is 4.91. The Morgan fingerprint density at radius 3 is 2.44 bits per heavy atom. The quantitative estimate of drug-likeness (QED) is 0.241. The van der Waals surface area contributed by atoms with Crippen molar-refractivity contribution in [2.75, 3.05) is 31.1 Å². The molecule has 0 aliphatic rings. The Labute approximate surface area is 195 Å². The Bertz CT molecular complexity index is 1100. The van der Waals surface area contributed by atoms with E-state index in [1.807, 2.05) is 0 Å². The molecular weight excluding hydrogens is 455 g/mol. The first kappa shape index (κ1) is 25.4. The highest BCUT2D eigenvalue weighted by Gasteiger charge is 2.19. The Balaban J connectivity index is 0.00000363. The van der Waals surface area contributed by atoms with Crippen LogP contribution < -0.4 is 4.90 Å². The minimum atomic E-state index is -0.472. The fourth-order valence-electron chi connectivity index (χ4n) is 3.06. The molecule has 0 atom stereocenters. The zero-order chi connectivity index (χ0) is 22.4. The molecule has 0 bridgehead atoms. The normalized spacial score (nSPS) is 11.1. The number of carbonyl (C=O) groups excluding carboxylic acids is 1. The van der Waals surface area contributed by atoms with Gasteiger partial charge >= 0.3 is 0 Å². The number of aromatic nitrogens is 1. The van der Waals surface area contributed by atoms with Gasteiger partial charge in [0, 0.05) is 31.3 Å². The van der Waals surface area contributed by atoms with E-state index in [1.54, 1.807) is 35.2 Å². The highest BCUT2D eigenvalue weighted by molar-refractivity contribution is 7.22. The average molecular weight is 479 g/mol. The minimum absolute atomic E-state index is 0. The molecular formula is C22H24ClFN4O3S. The molecule has 0 aliphatic carbocycles. The third kappa shape index (κ3) is 6.09. The summed E-state index contributed by atoms with van der Waals surface area (Å²) in [6.07, 6.45) is 3.01. The number of hydrogen-bond donors (Lipinski definition) is 0. The van der Waals surface area contributed by atoms with Crippen LogP contribution in [0.1, 0.15) is 19.4 Å². The summed E-state index contributed by atoms with van der Waals surface area (Å²) in [5, 5.41) is 11.2. The fraction of sp³-hybridized carbons (Fsp3) is 0.273. The predicted octanol–water partition coefficient (Wildman–Crippen LogP) is 5.15. The smallest absolute Gasteiger partial charge is 0.269 e. The zero-order valence-electron chi connectivity index (χ0n) is 17.7. The van der Waals surface area contributed by atoms with Crippen molar-refractivity contribution in [2.45, 2.75) is 13.8 Å². The first-order chi connectivity index (χ1) is 14.9. The molecule has 7 nitrogen and oxygen atoms in total. The molecule has 3 rings (SSSR count). The molecule has 2 aromatic carbocycles. The summed E-state index contributed by atoms with van der Waals surface area (Å²) in [5.41, 5.74) is 0.904. The van der Waals surface area contributed by atoms with E-state index in [1.165, 1.54) is 35.6 Å². The molecule has 1 heterocycles. The largest absolute Gasteiger partial charge is 0.302 e. The van der Waals surface area contributed by atoms with Gasteiger partial charge in [0.25, 0.3) is 11.6 Å². The highest BCUT2D eigenvalue weighted by Crippen LogP contribution is 2.30. The van der Waals surface area contributed by atoms with E-state index in [0.717, 1.165) is 13.1 Å². The number of thiazole rings is 1. The SMILES string of the molecule is CCN(CC)CCN(C(=O)C=Cc1ccc([N+](=O)[O-])cc1)c1nc2c(F)cccc2s1.Cl. The van der Waals surface area contributed by atoms with Crippen molar-refractivity contribution in [3.63, 3.8) is 0 Å². The molecule has 10 heteroatoms. The van der Waals surface area contributed by atoms with Crippen molar-refractivity contribution >= 4 is 56.8 Å². The van der Waals surface area contributed by atoms with Gasteiger partial charge in [-0.1, -0.05) is 31.3 Å². The molecule has 0 fully saturated rings. The highest BCUT2D eigenvalue weighted by atomic mass is 35.5. The lowest BCUT2D eigenvalue weighted by atomic mass is 10.2. The second-order valence-corrected chi connectivity index (χ2v) is 7.79. The molecule has 0 spiro atoms. The standard InChI is InChI=1S/C22H23FN4O3S.ClH/c1-3-25(4-2)14-15-26(22-24-21-18(23)6-5-7-19(21)31-22)20(28)13-10-16-8-11-17(12-9-16)27(29)30;/h5-13H,3-4,14-15H2,1-2H3;1H. The molecule has 1 aromatic heterocycles. The number of anilines is 1. The van der Waals surface area contributed by atoms with Crippen LogP contribution >= 0.6 is 23.7 Å². The fourth-order valence-corrected chi connectivity index (χ4v) is 4.08. The average Bonchev–Trinajstić information content (AvgIpc) is 3.21. The predicted molar refractivity (Wildman–Crippen MR) is 129 cm³/mol. The third-order valence-corrected chi connectivity index (χ3v) is 5.96. The topological polar surface area (TPSA) is 79.6 Å². The molecule has 0 aliphatic heterocycles. The van der Waals surface area contributed by atoms with Crippen LogP contribution in [-0.2, 0) is 4.79 Å². The summed E-state index contributed by atoms with van der Waals surface area (Å²) >= 11 is 1.27. The molecule has 3 aromatic rings. The van der Waals surface area contributed by atoms with Crippen molar-refractivity contribution in [1.29, 1.82) is 0 Å². The van der Waals surface area contributed by atoms with E-state index < -0.39 is 10.7 Å². The summed E-state index contributed by atoms with van der Waals surface area (Å²) in [4.78, 5) is 31.5. The lowest BCUT2D eigenvalue weighted by Crippen LogP contribution is -2.38. The maximum atomic E-state index is 14.1. The van der Waals surface area contributed by atoms with Gasteiger partial charge in [0.15, 0.2) is 5.13 Å². The first-order valence-electron chi connectivity index (χ1n) is 9.94. The zero-order valence-corrected chi connectivity index (χ0v) is 19.4. The number of likely N-dealkylation sites (N-methyl/N-ethyl adjacent to an activating group) is 1. The van der Waals surface area contributed by atoms with Gasteiger partial charge in [-0.15, -0.1) is 12.4 Å². The van der Waals surface area contributed by atoms with E-state index in [9.17, 15) is 19.3 Å². The van der Waals surface area contributed by atoms with Crippen molar-refractivity contribution in [3.05, 3.63) is 70.0 Å². The van der Waals surface area contributed by atoms with E-state index >= 15 is 0 Å². The van der Waals surface area contributed by atoms with Crippen LogP contribution in [0.15, 0.2) is 48.5 Å². The molecule has 170 valence electrons. The van der Waals surface area contributed by atoms with E-state index in [4.69, 9.17) is 0 Å². The number of hydrogen-bond acceptors (Lipinski definition) is 6. The summed E-state index contributed by atoms with van der Waals surface area (Å²) < 4.78 is 14.8. The number of benzene rings is 2. The summed E-state index contributed by atoms with van der Waals surface area (Å²) in [5.74, 6) is -0.706. The van der Waals surface area contributed by atoms with Crippen molar-refractivity contribution in [2.24, 2.45) is 0 Å². The van der Waals surface area contributed by atoms with Crippen molar-refractivity contribution in [1.82, 2.24) is 9.88 Å². The Hall–Kier alpha value is -2.88. The number of nitro groups is 1. The monoisotopic (exact) mass is 478 g/mol. The molecule has 0 radical (unpaired) electrons. The van der Waals surface area contributed by atoms with Gasteiger partial charge in [0.05, 0.1) is 9.62 Å². The number of halogens is 2. The van der Waals surface area contributed by atoms with E-state index in [2.05, 4.69) is 23.7 Å². The Morgan fingerprint density at radius 1 is 1.16 bits per heavy atom. The van der Waals surface area contributed by atoms with Crippen LogP contribution in [0.3, 0.4) is 0 Å². The second kappa shape index (κ2) is 11.7. The van der Waals surface area contributed by atoms with E-state index in [0.29, 0.717) is 28.5 Å². The Morgan fingerprint density at radius 2 is 1.84 bits per heavy atom. The number of nitrogens with zero attached hydrogens (tertiary/aromatic N) is 4. The van der Waals surface area contributed by atoms with Gasteiger partial charge in [0.2, 0.25) is 0 Å². The van der Waals surface area contributed by atoms with E-state index in [-0.39, 0.29) is 29.5 Å². The van der Waals surface area contributed by atoms with Gasteiger partial charge in [-0.2, -0.15) is 0 Å². The number of fused-ring (bicyclic) bond motifs is 1. The van der Waals surface area contributed by atoms with Crippen LogP contribution in [0.5, 0.6) is 0 Å². The van der Waals surface area contributed by atoms with Crippen LogP contribution in [0.25, 0.3) is 16.3 Å². The number of amides is 1. The number of rotatable bonds is 9. The molecule has 0 N–H and O–H groups in total. The van der Waals surface area contributed by atoms with Crippen LogP contribution in [0, 0.1) is 15.9 Å². The van der Waals surface area contributed by atoms with Crippen LogP contribution in [0.2, 0.25) is 0 Å². The maximum Gasteiger partial charge on any atom is 0.269 e. The van der Waals surface area contributed by atoms with Gasteiger partial charge in [-0.25, -0.2) is 9.37 Å². The summed E-state index contributed by atoms with van der Waals surface area (Å²) in [6, 6.07) is 10.7. The summed E-state index contributed by atoms with van der Waals surface area (Å²) in [7, 11) is 0. The van der Waals surface area contributed by atoms with Gasteiger partial charge in [-0.3, -0.25) is 19.8 Å². The van der Waals surface area contributed by atoms with Crippen LogP contribution in [-0.4, -0.2) is 46.9 Å². The maximum absolute atomic E-state index is 14.1. The summed E-state index contributed by atoms with van der Waals surface area (Å²) in [6.45, 7) is 6.88. The first-order valence-corrected chi connectivity index (χ1v) is 10.8. The van der Waals surface area contributed by atoms with Crippen molar-refractivity contribution in [3.8, 4) is 0 Å². The van der Waals surface area contributed by atoms with Gasteiger partial charge in [0.1, 0.15) is 11.3 Å². The van der Waals surface area contributed by atoms with Gasteiger partial charge < -0.3 is 4.90 Å².